The highest BCUT2D eigenvalue weighted by molar-refractivity contribution is 5.61. The lowest BCUT2D eigenvalue weighted by atomic mass is 9.82. The van der Waals surface area contributed by atoms with Crippen molar-refractivity contribution in [3.8, 4) is 6.07 Å². The van der Waals surface area contributed by atoms with Gasteiger partial charge in [0, 0.05) is 7.05 Å². The third-order valence-electron chi connectivity index (χ3n) is 3.52. The summed E-state index contributed by atoms with van der Waals surface area (Å²) in [7, 11) is 1.88. The van der Waals surface area contributed by atoms with Gasteiger partial charge in [-0.15, -0.1) is 0 Å². The summed E-state index contributed by atoms with van der Waals surface area (Å²) in [5.74, 6) is 0.594. The van der Waals surface area contributed by atoms with Crippen LogP contribution >= 0.6 is 0 Å². The molecule has 0 aliphatic heterocycles. The molecule has 0 spiro atoms. The highest BCUT2D eigenvalue weighted by Gasteiger charge is 2.19. The molecular formula is C14H18N2. The zero-order chi connectivity index (χ0) is 11.4. The number of nitrogens with zero attached hydrogens (tertiary/aromatic N) is 1. The lowest BCUT2D eigenvalue weighted by molar-refractivity contribution is 0.443. The Morgan fingerprint density at radius 3 is 2.62 bits per heavy atom. The molecule has 84 valence electrons. The van der Waals surface area contributed by atoms with Crippen LogP contribution in [0.1, 0.15) is 49.1 Å². The fourth-order valence-corrected chi connectivity index (χ4v) is 2.66. The average molecular weight is 214 g/mol. The van der Waals surface area contributed by atoms with Crippen molar-refractivity contribution >= 4 is 5.69 Å². The quantitative estimate of drug-likeness (QED) is 0.815. The first-order valence-corrected chi connectivity index (χ1v) is 6.07. The normalized spacial score (nSPS) is 16.8. The minimum Gasteiger partial charge on any atom is -0.387 e. The van der Waals surface area contributed by atoms with Crippen molar-refractivity contribution in [3.05, 3.63) is 29.3 Å². The van der Waals surface area contributed by atoms with Gasteiger partial charge in [0.25, 0.3) is 0 Å². The first kappa shape index (κ1) is 11.0. The fourth-order valence-electron chi connectivity index (χ4n) is 2.66. The third-order valence-corrected chi connectivity index (χ3v) is 3.52. The smallest absolute Gasteiger partial charge is 0.102 e. The number of nitrogens with one attached hydrogen (secondary N) is 1. The average Bonchev–Trinajstić information content (AvgIpc) is 2.38. The number of nitriles is 1. The van der Waals surface area contributed by atoms with E-state index in [2.05, 4.69) is 23.5 Å². The molecule has 0 radical (unpaired) electrons. The summed E-state index contributed by atoms with van der Waals surface area (Å²) in [6.45, 7) is 0. The van der Waals surface area contributed by atoms with E-state index in [1.54, 1.807) is 0 Å². The van der Waals surface area contributed by atoms with Gasteiger partial charge in [-0.1, -0.05) is 31.4 Å². The van der Waals surface area contributed by atoms with Gasteiger partial charge in [-0.25, -0.2) is 0 Å². The van der Waals surface area contributed by atoms with Crippen LogP contribution in [0.2, 0.25) is 0 Å². The number of hydrogen-bond donors (Lipinski definition) is 1. The van der Waals surface area contributed by atoms with E-state index in [-0.39, 0.29) is 0 Å². The maximum absolute atomic E-state index is 9.27. The zero-order valence-corrected chi connectivity index (χ0v) is 9.79. The van der Waals surface area contributed by atoms with E-state index in [1.165, 1.54) is 37.7 Å². The number of anilines is 1. The van der Waals surface area contributed by atoms with Crippen molar-refractivity contribution in [1.82, 2.24) is 0 Å². The van der Waals surface area contributed by atoms with Crippen LogP contribution in [0, 0.1) is 11.3 Å². The summed E-state index contributed by atoms with van der Waals surface area (Å²) in [6.07, 6.45) is 6.44. The van der Waals surface area contributed by atoms with Crippen molar-refractivity contribution in [3.63, 3.8) is 0 Å². The first-order chi connectivity index (χ1) is 7.86. The topological polar surface area (TPSA) is 35.8 Å². The summed E-state index contributed by atoms with van der Waals surface area (Å²) in [6, 6.07) is 8.50. The molecule has 1 saturated carbocycles. The fraction of sp³-hybridized carbons (Fsp3) is 0.500. The van der Waals surface area contributed by atoms with E-state index in [9.17, 15) is 5.26 Å². The summed E-state index contributed by atoms with van der Waals surface area (Å²) < 4.78 is 0. The Morgan fingerprint density at radius 1 is 1.25 bits per heavy atom. The van der Waals surface area contributed by atoms with E-state index in [0.717, 1.165) is 11.3 Å². The van der Waals surface area contributed by atoms with Crippen LogP contribution in [-0.2, 0) is 0 Å². The van der Waals surface area contributed by atoms with E-state index in [4.69, 9.17) is 0 Å². The second-order valence-electron chi connectivity index (χ2n) is 4.47. The van der Waals surface area contributed by atoms with Gasteiger partial charge in [-0.05, 0) is 30.4 Å². The Kier molecular flexibility index (Phi) is 3.46. The van der Waals surface area contributed by atoms with Gasteiger partial charge in [0.05, 0.1) is 11.3 Å². The molecule has 0 bridgehead atoms. The van der Waals surface area contributed by atoms with Gasteiger partial charge in [0.15, 0.2) is 0 Å². The standard InChI is InChI=1S/C14H18N2/c1-16-14-9-5-8-12(13(14)10-15)11-6-3-2-4-7-11/h5,8-9,11,16H,2-4,6-7H2,1H3. The molecule has 1 aliphatic carbocycles. The lowest BCUT2D eigenvalue weighted by Gasteiger charge is -2.23. The SMILES string of the molecule is CNc1cccc(C2CCCCC2)c1C#N. The van der Waals surface area contributed by atoms with Crippen molar-refractivity contribution < 1.29 is 0 Å². The Balaban J connectivity index is 2.35. The van der Waals surface area contributed by atoms with Crippen LogP contribution < -0.4 is 5.32 Å². The Bertz CT molecular complexity index is 398. The molecule has 1 aromatic carbocycles. The summed E-state index contributed by atoms with van der Waals surface area (Å²) in [5.41, 5.74) is 3.05. The number of hydrogen-bond acceptors (Lipinski definition) is 2. The minimum atomic E-state index is 0.594. The first-order valence-electron chi connectivity index (χ1n) is 6.07. The predicted molar refractivity (Wildman–Crippen MR) is 66.5 cm³/mol. The molecule has 1 aromatic rings. The maximum Gasteiger partial charge on any atom is 0.102 e. The van der Waals surface area contributed by atoms with Gasteiger partial charge in [0.2, 0.25) is 0 Å². The van der Waals surface area contributed by atoms with Gasteiger partial charge >= 0.3 is 0 Å². The Hall–Kier alpha value is -1.49. The third kappa shape index (κ3) is 2.04. The Labute approximate surface area is 97.3 Å². The monoisotopic (exact) mass is 214 g/mol. The van der Waals surface area contributed by atoms with E-state index >= 15 is 0 Å². The van der Waals surface area contributed by atoms with Crippen LogP contribution in [0.4, 0.5) is 5.69 Å². The van der Waals surface area contributed by atoms with Crippen LogP contribution in [0.15, 0.2) is 18.2 Å². The van der Waals surface area contributed by atoms with Crippen LogP contribution in [-0.4, -0.2) is 7.05 Å². The number of benzene rings is 1. The molecule has 0 saturated heterocycles. The van der Waals surface area contributed by atoms with Crippen LogP contribution in [0.3, 0.4) is 0 Å². The van der Waals surface area contributed by atoms with E-state index < -0.39 is 0 Å². The lowest BCUT2D eigenvalue weighted by Crippen LogP contribution is -2.07. The molecule has 2 rings (SSSR count). The summed E-state index contributed by atoms with van der Waals surface area (Å²) in [5, 5.41) is 12.4. The van der Waals surface area contributed by atoms with E-state index in [0.29, 0.717) is 5.92 Å². The minimum absolute atomic E-state index is 0.594. The molecule has 1 aliphatic rings. The van der Waals surface area contributed by atoms with Crippen molar-refractivity contribution in [2.75, 3.05) is 12.4 Å². The summed E-state index contributed by atoms with van der Waals surface area (Å²) in [4.78, 5) is 0. The molecule has 1 N–H and O–H groups in total. The molecule has 2 nitrogen and oxygen atoms in total. The van der Waals surface area contributed by atoms with Gasteiger partial charge < -0.3 is 5.32 Å². The molecular weight excluding hydrogens is 196 g/mol. The van der Waals surface area contributed by atoms with Gasteiger partial charge in [0.1, 0.15) is 6.07 Å². The van der Waals surface area contributed by atoms with E-state index in [1.807, 2.05) is 13.1 Å². The maximum atomic E-state index is 9.27. The molecule has 0 unspecified atom stereocenters. The largest absolute Gasteiger partial charge is 0.387 e. The predicted octanol–water partition coefficient (Wildman–Crippen LogP) is 3.65. The molecule has 0 aromatic heterocycles. The van der Waals surface area contributed by atoms with Gasteiger partial charge in [-0.2, -0.15) is 5.26 Å². The van der Waals surface area contributed by atoms with Crippen LogP contribution in [0.25, 0.3) is 0 Å². The van der Waals surface area contributed by atoms with Crippen molar-refractivity contribution in [2.24, 2.45) is 0 Å². The van der Waals surface area contributed by atoms with Gasteiger partial charge in [-0.3, -0.25) is 0 Å². The van der Waals surface area contributed by atoms with Crippen LogP contribution in [0.5, 0.6) is 0 Å². The highest BCUT2D eigenvalue weighted by Crippen LogP contribution is 2.36. The molecule has 2 heteroatoms. The molecule has 0 atom stereocenters. The second kappa shape index (κ2) is 5.03. The zero-order valence-electron chi connectivity index (χ0n) is 9.79. The molecule has 0 amide bonds. The molecule has 0 heterocycles. The Morgan fingerprint density at radius 2 is 2.00 bits per heavy atom. The second-order valence-corrected chi connectivity index (χ2v) is 4.47. The summed E-state index contributed by atoms with van der Waals surface area (Å²) >= 11 is 0. The molecule has 1 fully saturated rings. The molecule has 16 heavy (non-hydrogen) atoms. The highest BCUT2D eigenvalue weighted by atomic mass is 14.8. The van der Waals surface area contributed by atoms with Crippen molar-refractivity contribution in [1.29, 1.82) is 5.26 Å². The van der Waals surface area contributed by atoms with Crippen molar-refractivity contribution in [2.45, 2.75) is 38.0 Å². The number of rotatable bonds is 2.